The van der Waals surface area contributed by atoms with Gasteiger partial charge >= 0.3 is 0 Å². The van der Waals surface area contributed by atoms with E-state index in [4.69, 9.17) is 16.3 Å². The molecule has 0 saturated carbocycles. The number of nitrogens with zero attached hydrogens (tertiary/aromatic N) is 1. The highest BCUT2D eigenvalue weighted by molar-refractivity contribution is 6.17. The van der Waals surface area contributed by atoms with Gasteiger partial charge in [-0.15, -0.1) is 0 Å². The Hall–Kier alpha value is -0.280. The van der Waals surface area contributed by atoms with Crippen LogP contribution in [0, 0.1) is 0 Å². The van der Waals surface area contributed by atoms with Crippen LogP contribution in [0.3, 0.4) is 0 Å². The second kappa shape index (κ2) is 5.50. The van der Waals surface area contributed by atoms with Crippen LogP contribution < -0.4 is 0 Å². The highest BCUT2D eigenvalue weighted by Crippen LogP contribution is 1.85. The lowest BCUT2D eigenvalue weighted by Crippen LogP contribution is -2.27. The first kappa shape index (κ1) is 9.72. The number of alkyl halides is 1. The molecule has 0 saturated heterocycles. The Balaban J connectivity index is 3.21. The third-order valence-electron chi connectivity index (χ3n) is 1.19. The van der Waals surface area contributed by atoms with Crippen molar-refractivity contribution >= 4 is 17.5 Å². The number of carbonyl (C=O) groups excluding carboxylic acids is 1. The molecule has 0 unspecified atom stereocenters. The van der Waals surface area contributed by atoms with E-state index in [-0.39, 0.29) is 12.0 Å². The minimum atomic E-state index is 0.0400. The number of rotatable bonds is 4. The Morgan fingerprint density at radius 1 is 1.70 bits per heavy atom. The summed E-state index contributed by atoms with van der Waals surface area (Å²) >= 11 is 5.24. The average molecular weight is 166 g/mol. The molecular formula is C6H12ClNO2. The lowest BCUT2D eigenvalue weighted by molar-refractivity contribution is -0.128. The van der Waals surface area contributed by atoms with Gasteiger partial charge in [0.05, 0.1) is 6.61 Å². The number of carbonyl (C=O) groups is 1. The Kier molecular flexibility index (Phi) is 5.35. The van der Waals surface area contributed by atoms with E-state index in [0.29, 0.717) is 13.2 Å². The van der Waals surface area contributed by atoms with Crippen LogP contribution in [0.4, 0.5) is 0 Å². The molecule has 0 aliphatic carbocycles. The molecule has 60 valence electrons. The van der Waals surface area contributed by atoms with Crippen LogP contribution in [0.1, 0.15) is 6.92 Å². The van der Waals surface area contributed by atoms with Crippen LogP contribution >= 0.6 is 11.6 Å². The number of ether oxygens (including phenoxy) is 1. The van der Waals surface area contributed by atoms with Crippen LogP contribution in [-0.2, 0) is 9.53 Å². The molecular weight excluding hydrogens is 154 g/mol. The summed E-state index contributed by atoms with van der Waals surface area (Å²) in [6.45, 7) is 2.61. The fraction of sp³-hybridized carbons (Fsp3) is 0.833. The maximum absolute atomic E-state index is 10.6. The minimum Gasteiger partial charge on any atom is -0.364 e. The third-order valence-corrected chi connectivity index (χ3v) is 1.34. The van der Waals surface area contributed by atoms with Crippen LogP contribution in [0.15, 0.2) is 0 Å². The van der Waals surface area contributed by atoms with E-state index in [9.17, 15) is 4.79 Å². The van der Waals surface area contributed by atoms with Crippen molar-refractivity contribution < 1.29 is 9.53 Å². The highest BCUT2D eigenvalue weighted by Gasteiger charge is 1.99. The normalized spacial score (nSPS) is 9.50. The van der Waals surface area contributed by atoms with Crippen molar-refractivity contribution in [1.82, 2.24) is 4.90 Å². The molecule has 0 aromatic carbocycles. The predicted molar refractivity (Wildman–Crippen MR) is 40.0 cm³/mol. The molecule has 1 amide bonds. The topological polar surface area (TPSA) is 29.5 Å². The molecule has 0 spiro atoms. The molecule has 0 atom stereocenters. The van der Waals surface area contributed by atoms with Crippen molar-refractivity contribution in [3.05, 3.63) is 0 Å². The molecule has 0 heterocycles. The van der Waals surface area contributed by atoms with Crippen LogP contribution in [0.2, 0.25) is 0 Å². The van der Waals surface area contributed by atoms with Crippen molar-refractivity contribution in [3.8, 4) is 0 Å². The fourth-order valence-corrected chi connectivity index (χ4v) is 0.523. The molecule has 3 nitrogen and oxygen atoms in total. The summed E-state index contributed by atoms with van der Waals surface area (Å²) in [5.41, 5.74) is 0. The van der Waals surface area contributed by atoms with Gasteiger partial charge in [0.2, 0.25) is 5.91 Å². The average Bonchev–Trinajstić information content (AvgIpc) is 1.88. The van der Waals surface area contributed by atoms with Gasteiger partial charge < -0.3 is 9.64 Å². The summed E-state index contributed by atoms with van der Waals surface area (Å²) < 4.78 is 4.83. The van der Waals surface area contributed by atoms with Crippen LogP contribution in [0.25, 0.3) is 0 Å². The maximum Gasteiger partial charge on any atom is 0.219 e. The van der Waals surface area contributed by atoms with Gasteiger partial charge in [-0.1, -0.05) is 11.6 Å². The molecule has 0 aromatic heterocycles. The smallest absolute Gasteiger partial charge is 0.219 e. The minimum absolute atomic E-state index is 0.0400. The molecule has 0 bridgehead atoms. The first-order valence-corrected chi connectivity index (χ1v) is 3.57. The zero-order valence-electron chi connectivity index (χ0n) is 6.26. The van der Waals surface area contributed by atoms with Crippen molar-refractivity contribution in [2.45, 2.75) is 6.92 Å². The van der Waals surface area contributed by atoms with Gasteiger partial charge in [-0.25, -0.2) is 0 Å². The number of amides is 1. The first-order valence-electron chi connectivity index (χ1n) is 3.04. The second-order valence-corrected chi connectivity index (χ2v) is 2.18. The van der Waals surface area contributed by atoms with Gasteiger partial charge in [0.1, 0.15) is 6.07 Å². The predicted octanol–water partition coefficient (Wildman–Crippen LogP) is 0.678. The lowest BCUT2D eigenvalue weighted by atomic mass is 10.5. The van der Waals surface area contributed by atoms with Gasteiger partial charge in [-0.05, 0) is 0 Å². The molecule has 0 aliphatic heterocycles. The molecule has 10 heavy (non-hydrogen) atoms. The quantitative estimate of drug-likeness (QED) is 0.453. The third kappa shape index (κ3) is 4.58. The summed E-state index contributed by atoms with van der Waals surface area (Å²) in [5.74, 6) is 0.0400. The van der Waals surface area contributed by atoms with Crippen molar-refractivity contribution in [3.63, 3.8) is 0 Å². The summed E-state index contributed by atoms with van der Waals surface area (Å²) in [5, 5.41) is 0. The van der Waals surface area contributed by atoms with E-state index in [0.717, 1.165) is 0 Å². The van der Waals surface area contributed by atoms with Gasteiger partial charge in [-0.3, -0.25) is 4.79 Å². The van der Waals surface area contributed by atoms with E-state index in [1.165, 1.54) is 6.92 Å². The monoisotopic (exact) mass is 165 g/mol. The first-order chi connectivity index (χ1) is 4.68. The SMILES string of the molecule is CC(=O)N(C)CCOCCl. The Morgan fingerprint density at radius 2 is 2.30 bits per heavy atom. The zero-order chi connectivity index (χ0) is 7.98. The molecule has 0 N–H and O–H groups in total. The Morgan fingerprint density at radius 3 is 2.70 bits per heavy atom. The molecule has 4 heteroatoms. The van der Waals surface area contributed by atoms with E-state index in [2.05, 4.69) is 0 Å². The van der Waals surface area contributed by atoms with Gasteiger partial charge in [-0.2, -0.15) is 0 Å². The summed E-state index contributed by atoms with van der Waals surface area (Å²) in [6.07, 6.45) is 0. The molecule has 0 aromatic rings. The van der Waals surface area contributed by atoms with Crippen molar-refractivity contribution in [1.29, 1.82) is 0 Å². The Bertz CT molecular complexity index is 108. The van der Waals surface area contributed by atoms with Crippen LogP contribution in [-0.4, -0.2) is 37.1 Å². The maximum atomic E-state index is 10.6. The largest absolute Gasteiger partial charge is 0.364 e. The second-order valence-electron chi connectivity index (χ2n) is 1.96. The summed E-state index contributed by atoms with van der Waals surface area (Å²) in [7, 11) is 1.72. The zero-order valence-corrected chi connectivity index (χ0v) is 7.02. The number of halogens is 1. The van der Waals surface area contributed by atoms with E-state index >= 15 is 0 Å². The Labute approximate surface area is 65.9 Å². The van der Waals surface area contributed by atoms with Crippen molar-refractivity contribution in [2.75, 3.05) is 26.3 Å². The summed E-state index contributed by atoms with van der Waals surface area (Å²) in [4.78, 5) is 12.2. The lowest BCUT2D eigenvalue weighted by Gasteiger charge is -2.13. The van der Waals surface area contributed by atoms with Crippen molar-refractivity contribution in [2.24, 2.45) is 0 Å². The van der Waals surface area contributed by atoms with Gasteiger partial charge in [0.15, 0.2) is 0 Å². The number of likely N-dealkylation sites (N-methyl/N-ethyl adjacent to an activating group) is 1. The molecule has 0 aliphatic rings. The van der Waals surface area contributed by atoms with E-state index < -0.39 is 0 Å². The highest BCUT2D eigenvalue weighted by atomic mass is 35.5. The fourth-order valence-electron chi connectivity index (χ4n) is 0.413. The molecule has 0 radical (unpaired) electrons. The molecule has 0 rings (SSSR count). The van der Waals surface area contributed by atoms with Gasteiger partial charge in [0.25, 0.3) is 0 Å². The van der Waals surface area contributed by atoms with E-state index in [1.807, 2.05) is 0 Å². The number of hydrogen-bond acceptors (Lipinski definition) is 2. The standard InChI is InChI=1S/C6H12ClNO2/c1-6(9)8(2)3-4-10-5-7/h3-5H2,1-2H3. The number of hydrogen-bond donors (Lipinski definition) is 0. The van der Waals surface area contributed by atoms with Crippen LogP contribution in [0.5, 0.6) is 0 Å². The molecule has 0 fully saturated rings. The summed E-state index contributed by atoms with van der Waals surface area (Å²) in [6, 6.07) is 0.186. The van der Waals surface area contributed by atoms with Gasteiger partial charge in [0, 0.05) is 20.5 Å². The van der Waals surface area contributed by atoms with E-state index in [1.54, 1.807) is 11.9 Å².